The molecular weight excluding hydrogens is 244 g/mol. The quantitative estimate of drug-likeness (QED) is 0.872. The number of nitrogens with zero attached hydrogens (tertiary/aromatic N) is 1. The maximum absolute atomic E-state index is 9.34. The number of anilines is 1. The van der Waals surface area contributed by atoms with Gasteiger partial charge in [0.1, 0.15) is 6.04 Å². The van der Waals surface area contributed by atoms with E-state index in [9.17, 15) is 5.26 Å². The van der Waals surface area contributed by atoms with Crippen LogP contribution in [0.4, 0.5) is 5.69 Å². The first-order valence-electron chi connectivity index (χ1n) is 6.61. The van der Waals surface area contributed by atoms with Gasteiger partial charge in [-0.15, -0.1) is 0 Å². The molecule has 0 radical (unpaired) electrons. The van der Waals surface area contributed by atoms with E-state index in [2.05, 4.69) is 18.3 Å². The average Bonchev–Trinajstić information content (AvgIpc) is 2.39. The summed E-state index contributed by atoms with van der Waals surface area (Å²) in [6, 6.07) is 9.88. The van der Waals surface area contributed by atoms with E-state index in [0.717, 1.165) is 24.4 Å². The molecule has 2 nitrogen and oxygen atoms in total. The van der Waals surface area contributed by atoms with E-state index in [4.69, 9.17) is 11.6 Å². The van der Waals surface area contributed by atoms with Crippen molar-refractivity contribution in [2.75, 3.05) is 5.32 Å². The molecular formula is C15H19ClN2. The smallest absolute Gasteiger partial charge is 0.117 e. The molecule has 1 aromatic carbocycles. The van der Waals surface area contributed by atoms with Crippen LogP contribution in [-0.2, 0) is 0 Å². The third kappa shape index (κ3) is 3.17. The molecule has 1 aliphatic carbocycles. The summed E-state index contributed by atoms with van der Waals surface area (Å²) in [5, 5.41) is 13.3. The van der Waals surface area contributed by atoms with Crippen molar-refractivity contribution >= 4 is 17.3 Å². The SMILES string of the molecule is CC1CCC(C(C#N)Nc2ccccc2Cl)CC1. The number of benzene rings is 1. The van der Waals surface area contributed by atoms with E-state index in [-0.39, 0.29) is 6.04 Å². The van der Waals surface area contributed by atoms with E-state index in [0.29, 0.717) is 10.9 Å². The van der Waals surface area contributed by atoms with Crippen LogP contribution < -0.4 is 5.32 Å². The first kappa shape index (κ1) is 13.2. The molecule has 1 N–H and O–H groups in total. The zero-order chi connectivity index (χ0) is 13.0. The van der Waals surface area contributed by atoms with Crippen molar-refractivity contribution in [2.45, 2.75) is 38.6 Å². The fourth-order valence-electron chi connectivity index (χ4n) is 2.62. The predicted molar refractivity (Wildman–Crippen MR) is 75.6 cm³/mol. The molecule has 1 fully saturated rings. The highest BCUT2D eigenvalue weighted by Gasteiger charge is 2.26. The molecule has 0 heterocycles. The van der Waals surface area contributed by atoms with E-state index < -0.39 is 0 Å². The largest absolute Gasteiger partial charge is 0.368 e. The molecule has 0 saturated heterocycles. The lowest BCUT2D eigenvalue weighted by Crippen LogP contribution is -2.30. The highest BCUT2D eigenvalue weighted by atomic mass is 35.5. The number of para-hydroxylation sites is 1. The van der Waals surface area contributed by atoms with E-state index in [1.807, 2.05) is 24.3 Å². The summed E-state index contributed by atoms with van der Waals surface area (Å²) in [5.41, 5.74) is 0.865. The number of halogens is 1. The second kappa shape index (κ2) is 6.11. The molecule has 0 aliphatic heterocycles. The van der Waals surface area contributed by atoms with Crippen molar-refractivity contribution in [1.82, 2.24) is 0 Å². The highest BCUT2D eigenvalue weighted by Crippen LogP contribution is 2.32. The topological polar surface area (TPSA) is 35.8 Å². The maximum Gasteiger partial charge on any atom is 0.117 e. The Morgan fingerprint density at radius 3 is 2.56 bits per heavy atom. The first-order chi connectivity index (χ1) is 8.70. The summed E-state index contributed by atoms with van der Waals surface area (Å²) < 4.78 is 0. The van der Waals surface area contributed by atoms with Gasteiger partial charge in [-0.25, -0.2) is 0 Å². The highest BCUT2D eigenvalue weighted by molar-refractivity contribution is 6.33. The Balaban J connectivity index is 2.02. The van der Waals surface area contributed by atoms with Gasteiger partial charge in [0.2, 0.25) is 0 Å². The molecule has 0 aromatic heterocycles. The lowest BCUT2D eigenvalue weighted by Gasteiger charge is -2.30. The zero-order valence-electron chi connectivity index (χ0n) is 10.7. The Labute approximate surface area is 114 Å². The van der Waals surface area contributed by atoms with Crippen molar-refractivity contribution in [3.05, 3.63) is 29.3 Å². The average molecular weight is 263 g/mol. The van der Waals surface area contributed by atoms with Crippen molar-refractivity contribution < 1.29 is 0 Å². The minimum Gasteiger partial charge on any atom is -0.368 e. The van der Waals surface area contributed by atoms with Crippen LogP contribution >= 0.6 is 11.6 Å². The van der Waals surface area contributed by atoms with E-state index in [1.54, 1.807) is 0 Å². The third-order valence-electron chi connectivity index (χ3n) is 3.86. The predicted octanol–water partition coefficient (Wildman–Crippen LogP) is 4.47. The molecule has 0 amide bonds. The zero-order valence-corrected chi connectivity index (χ0v) is 11.5. The van der Waals surface area contributed by atoms with Gasteiger partial charge in [-0.05, 0) is 36.8 Å². The Hall–Kier alpha value is -1.20. The molecule has 0 spiro atoms. The Kier molecular flexibility index (Phi) is 4.49. The van der Waals surface area contributed by atoms with Crippen molar-refractivity contribution in [2.24, 2.45) is 11.8 Å². The molecule has 1 unspecified atom stereocenters. The van der Waals surface area contributed by atoms with Gasteiger partial charge in [-0.3, -0.25) is 0 Å². The van der Waals surface area contributed by atoms with Crippen LogP contribution in [0.3, 0.4) is 0 Å². The Morgan fingerprint density at radius 1 is 1.28 bits per heavy atom. The lowest BCUT2D eigenvalue weighted by molar-refractivity contribution is 0.282. The van der Waals surface area contributed by atoms with E-state index >= 15 is 0 Å². The Bertz CT molecular complexity index is 430. The van der Waals surface area contributed by atoms with Crippen LogP contribution in [0.1, 0.15) is 32.6 Å². The number of nitrogens with one attached hydrogen (secondary N) is 1. The summed E-state index contributed by atoms with van der Waals surface area (Å²) in [6.07, 6.45) is 4.73. The van der Waals surface area contributed by atoms with Crippen molar-refractivity contribution in [3.63, 3.8) is 0 Å². The van der Waals surface area contributed by atoms with Crippen LogP contribution in [0.2, 0.25) is 5.02 Å². The molecule has 1 atom stereocenters. The molecule has 3 heteroatoms. The normalized spacial score (nSPS) is 25.2. The fraction of sp³-hybridized carbons (Fsp3) is 0.533. The summed E-state index contributed by atoms with van der Waals surface area (Å²) in [6.45, 7) is 2.29. The minimum absolute atomic E-state index is 0.127. The van der Waals surface area contributed by atoms with Gasteiger partial charge in [0.05, 0.1) is 16.8 Å². The molecule has 0 bridgehead atoms. The number of rotatable bonds is 3. The van der Waals surface area contributed by atoms with Crippen molar-refractivity contribution in [3.8, 4) is 6.07 Å². The van der Waals surface area contributed by atoms with Gasteiger partial charge < -0.3 is 5.32 Å². The monoisotopic (exact) mass is 262 g/mol. The van der Waals surface area contributed by atoms with Gasteiger partial charge in [0.15, 0.2) is 0 Å². The summed E-state index contributed by atoms with van der Waals surface area (Å²) in [5.74, 6) is 1.25. The maximum atomic E-state index is 9.34. The summed E-state index contributed by atoms with van der Waals surface area (Å²) >= 11 is 6.12. The lowest BCUT2D eigenvalue weighted by atomic mass is 9.79. The van der Waals surface area contributed by atoms with Gasteiger partial charge in [-0.1, -0.05) is 43.5 Å². The van der Waals surface area contributed by atoms with Gasteiger partial charge in [0.25, 0.3) is 0 Å². The van der Waals surface area contributed by atoms with E-state index in [1.165, 1.54) is 12.8 Å². The molecule has 1 aromatic rings. The van der Waals surface area contributed by atoms with Gasteiger partial charge in [0, 0.05) is 0 Å². The molecule has 96 valence electrons. The molecule has 2 rings (SSSR count). The summed E-state index contributed by atoms with van der Waals surface area (Å²) in [4.78, 5) is 0. The Morgan fingerprint density at radius 2 is 1.94 bits per heavy atom. The molecule has 18 heavy (non-hydrogen) atoms. The molecule has 1 aliphatic rings. The number of hydrogen-bond donors (Lipinski definition) is 1. The second-order valence-electron chi connectivity index (χ2n) is 5.25. The van der Waals surface area contributed by atoms with Crippen LogP contribution in [0.25, 0.3) is 0 Å². The van der Waals surface area contributed by atoms with Crippen LogP contribution in [-0.4, -0.2) is 6.04 Å². The molecule has 1 saturated carbocycles. The number of hydrogen-bond acceptors (Lipinski definition) is 2. The first-order valence-corrected chi connectivity index (χ1v) is 6.99. The second-order valence-corrected chi connectivity index (χ2v) is 5.66. The van der Waals surface area contributed by atoms with Crippen LogP contribution in [0.5, 0.6) is 0 Å². The summed E-state index contributed by atoms with van der Waals surface area (Å²) in [7, 11) is 0. The number of nitriles is 1. The third-order valence-corrected chi connectivity index (χ3v) is 4.19. The van der Waals surface area contributed by atoms with Gasteiger partial charge >= 0.3 is 0 Å². The van der Waals surface area contributed by atoms with Crippen LogP contribution in [0, 0.1) is 23.2 Å². The standard InChI is InChI=1S/C15H19ClN2/c1-11-6-8-12(9-7-11)15(10-17)18-14-5-3-2-4-13(14)16/h2-5,11-12,15,18H,6-9H2,1H3. The van der Waals surface area contributed by atoms with Crippen LogP contribution in [0.15, 0.2) is 24.3 Å². The van der Waals surface area contributed by atoms with Gasteiger partial charge in [-0.2, -0.15) is 5.26 Å². The fourth-order valence-corrected chi connectivity index (χ4v) is 2.81. The van der Waals surface area contributed by atoms with Crippen molar-refractivity contribution in [1.29, 1.82) is 5.26 Å². The minimum atomic E-state index is -0.127.